The second kappa shape index (κ2) is 4.46. The highest BCUT2D eigenvalue weighted by Gasteiger charge is 2.14. The number of aliphatic hydroxyl groups excluding tert-OH is 1. The van der Waals surface area contributed by atoms with Gasteiger partial charge >= 0.3 is 0 Å². The Morgan fingerprint density at radius 2 is 2.25 bits per heavy atom. The number of hydrogen-bond acceptors (Lipinski definition) is 1. The first kappa shape index (κ1) is 9.53. The zero-order valence-electron chi connectivity index (χ0n) is 7.96. The third-order valence-electron chi connectivity index (χ3n) is 2.50. The molecule has 0 bridgehead atoms. The summed E-state index contributed by atoms with van der Waals surface area (Å²) >= 11 is 0. The van der Waals surface area contributed by atoms with E-state index in [1.54, 1.807) is 0 Å². The SMILES string of the molecule is CC1=CC(C)C(CCCO)C=C1. The number of hydrogen-bond donors (Lipinski definition) is 1. The summed E-state index contributed by atoms with van der Waals surface area (Å²) < 4.78 is 0. The molecule has 0 aliphatic heterocycles. The third-order valence-corrected chi connectivity index (χ3v) is 2.50. The van der Waals surface area contributed by atoms with Crippen molar-refractivity contribution in [2.45, 2.75) is 26.7 Å². The van der Waals surface area contributed by atoms with Crippen molar-refractivity contribution in [2.24, 2.45) is 11.8 Å². The molecule has 0 aromatic carbocycles. The van der Waals surface area contributed by atoms with E-state index in [1.165, 1.54) is 5.57 Å². The molecule has 1 rings (SSSR count). The van der Waals surface area contributed by atoms with Gasteiger partial charge in [0.25, 0.3) is 0 Å². The van der Waals surface area contributed by atoms with Gasteiger partial charge in [-0.2, -0.15) is 0 Å². The summed E-state index contributed by atoms with van der Waals surface area (Å²) in [5, 5.41) is 8.70. The van der Waals surface area contributed by atoms with E-state index in [0.29, 0.717) is 18.4 Å². The predicted molar refractivity (Wildman–Crippen MR) is 51.9 cm³/mol. The van der Waals surface area contributed by atoms with Crippen molar-refractivity contribution < 1.29 is 5.11 Å². The molecule has 1 heteroatoms. The van der Waals surface area contributed by atoms with Crippen molar-refractivity contribution in [1.82, 2.24) is 0 Å². The van der Waals surface area contributed by atoms with E-state index in [1.807, 2.05) is 0 Å². The summed E-state index contributed by atoms with van der Waals surface area (Å²) in [5.74, 6) is 1.28. The van der Waals surface area contributed by atoms with Gasteiger partial charge in [0.05, 0.1) is 0 Å². The Hall–Kier alpha value is -0.560. The molecule has 1 aliphatic carbocycles. The van der Waals surface area contributed by atoms with Gasteiger partial charge in [0, 0.05) is 6.61 Å². The monoisotopic (exact) mass is 166 g/mol. The fraction of sp³-hybridized carbons (Fsp3) is 0.636. The zero-order chi connectivity index (χ0) is 8.97. The van der Waals surface area contributed by atoms with Crippen LogP contribution in [0.25, 0.3) is 0 Å². The first-order chi connectivity index (χ1) is 5.74. The lowest BCUT2D eigenvalue weighted by atomic mass is 9.84. The molecule has 0 heterocycles. The van der Waals surface area contributed by atoms with Crippen molar-refractivity contribution >= 4 is 0 Å². The minimum atomic E-state index is 0.319. The van der Waals surface area contributed by atoms with Crippen molar-refractivity contribution in [3.05, 3.63) is 23.8 Å². The molecule has 0 aromatic rings. The highest BCUT2D eigenvalue weighted by atomic mass is 16.2. The van der Waals surface area contributed by atoms with Crippen LogP contribution in [0.15, 0.2) is 23.8 Å². The average Bonchev–Trinajstić information content (AvgIpc) is 2.03. The van der Waals surface area contributed by atoms with E-state index < -0.39 is 0 Å². The van der Waals surface area contributed by atoms with E-state index in [4.69, 9.17) is 5.11 Å². The maximum atomic E-state index is 8.70. The van der Waals surface area contributed by atoms with Crippen molar-refractivity contribution in [3.8, 4) is 0 Å². The highest BCUT2D eigenvalue weighted by molar-refractivity contribution is 5.22. The van der Waals surface area contributed by atoms with E-state index >= 15 is 0 Å². The Morgan fingerprint density at radius 3 is 2.83 bits per heavy atom. The quantitative estimate of drug-likeness (QED) is 0.683. The summed E-state index contributed by atoms with van der Waals surface area (Å²) in [6.07, 6.45) is 8.80. The summed E-state index contributed by atoms with van der Waals surface area (Å²) in [5.41, 5.74) is 1.36. The Labute approximate surface area is 74.8 Å². The molecule has 0 saturated carbocycles. The second-order valence-electron chi connectivity index (χ2n) is 3.66. The van der Waals surface area contributed by atoms with Gasteiger partial charge in [0.2, 0.25) is 0 Å². The normalized spacial score (nSPS) is 28.8. The highest BCUT2D eigenvalue weighted by Crippen LogP contribution is 2.25. The molecule has 0 aromatic heterocycles. The first-order valence-corrected chi connectivity index (χ1v) is 4.71. The number of aliphatic hydroxyl groups is 1. The van der Waals surface area contributed by atoms with Crippen molar-refractivity contribution in [3.63, 3.8) is 0 Å². The minimum Gasteiger partial charge on any atom is -0.396 e. The number of allylic oxidation sites excluding steroid dienone is 4. The fourth-order valence-electron chi connectivity index (χ4n) is 1.73. The molecule has 2 atom stereocenters. The van der Waals surface area contributed by atoms with E-state index in [0.717, 1.165) is 12.8 Å². The third kappa shape index (κ3) is 2.49. The molecule has 2 unspecified atom stereocenters. The average molecular weight is 166 g/mol. The fourth-order valence-corrected chi connectivity index (χ4v) is 1.73. The summed E-state index contributed by atoms with van der Waals surface area (Å²) in [6.45, 7) is 4.70. The summed E-state index contributed by atoms with van der Waals surface area (Å²) in [4.78, 5) is 0. The molecule has 0 amide bonds. The minimum absolute atomic E-state index is 0.319. The smallest absolute Gasteiger partial charge is 0.0431 e. The maximum Gasteiger partial charge on any atom is 0.0431 e. The molecule has 68 valence electrons. The molecule has 1 N–H and O–H groups in total. The van der Waals surface area contributed by atoms with Crippen LogP contribution in [0.3, 0.4) is 0 Å². The number of rotatable bonds is 3. The van der Waals surface area contributed by atoms with Gasteiger partial charge < -0.3 is 5.11 Å². The molecule has 0 saturated heterocycles. The molecular formula is C11H18O. The van der Waals surface area contributed by atoms with Crippen LogP contribution in [-0.2, 0) is 0 Å². The Balaban J connectivity index is 2.43. The molecule has 12 heavy (non-hydrogen) atoms. The standard InChI is InChI=1S/C11H18O/c1-9-5-6-11(4-3-7-12)10(2)8-9/h5-6,8,10-12H,3-4,7H2,1-2H3. The zero-order valence-corrected chi connectivity index (χ0v) is 7.96. The van der Waals surface area contributed by atoms with Crippen LogP contribution in [0.2, 0.25) is 0 Å². The molecule has 0 spiro atoms. The van der Waals surface area contributed by atoms with Gasteiger partial charge in [0.1, 0.15) is 0 Å². The van der Waals surface area contributed by atoms with Gasteiger partial charge in [-0.15, -0.1) is 0 Å². The van der Waals surface area contributed by atoms with Gasteiger partial charge in [-0.3, -0.25) is 0 Å². The maximum absolute atomic E-state index is 8.70. The topological polar surface area (TPSA) is 20.2 Å². The van der Waals surface area contributed by atoms with Crippen LogP contribution < -0.4 is 0 Å². The van der Waals surface area contributed by atoms with Gasteiger partial charge in [-0.05, 0) is 31.6 Å². The first-order valence-electron chi connectivity index (χ1n) is 4.71. The van der Waals surface area contributed by atoms with Gasteiger partial charge in [0.15, 0.2) is 0 Å². The summed E-state index contributed by atoms with van der Waals surface area (Å²) in [6, 6.07) is 0. The van der Waals surface area contributed by atoms with Crippen molar-refractivity contribution in [1.29, 1.82) is 0 Å². The molecule has 1 aliphatic rings. The lowest BCUT2D eigenvalue weighted by Crippen LogP contribution is -2.10. The Kier molecular flexibility index (Phi) is 3.54. The Morgan fingerprint density at radius 1 is 1.50 bits per heavy atom. The molecular weight excluding hydrogens is 148 g/mol. The van der Waals surface area contributed by atoms with Crippen LogP contribution in [0.1, 0.15) is 26.7 Å². The van der Waals surface area contributed by atoms with Gasteiger partial charge in [-0.25, -0.2) is 0 Å². The van der Waals surface area contributed by atoms with Gasteiger partial charge in [-0.1, -0.05) is 30.7 Å². The predicted octanol–water partition coefficient (Wildman–Crippen LogP) is 2.53. The summed E-state index contributed by atoms with van der Waals surface area (Å²) in [7, 11) is 0. The molecule has 0 fully saturated rings. The lowest BCUT2D eigenvalue weighted by molar-refractivity contribution is 0.271. The van der Waals surface area contributed by atoms with E-state index in [2.05, 4.69) is 32.1 Å². The lowest BCUT2D eigenvalue weighted by Gasteiger charge is -2.21. The van der Waals surface area contributed by atoms with E-state index in [-0.39, 0.29) is 0 Å². The van der Waals surface area contributed by atoms with Crippen LogP contribution in [-0.4, -0.2) is 11.7 Å². The largest absolute Gasteiger partial charge is 0.396 e. The molecule has 0 radical (unpaired) electrons. The Bertz CT molecular complexity index is 191. The molecule has 1 nitrogen and oxygen atoms in total. The van der Waals surface area contributed by atoms with E-state index in [9.17, 15) is 0 Å². The van der Waals surface area contributed by atoms with Crippen LogP contribution in [0.4, 0.5) is 0 Å². The van der Waals surface area contributed by atoms with Crippen LogP contribution >= 0.6 is 0 Å². The second-order valence-corrected chi connectivity index (χ2v) is 3.66. The van der Waals surface area contributed by atoms with Crippen LogP contribution in [0.5, 0.6) is 0 Å². The van der Waals surface area contributed by atoms with Crippen LogP contribution in [0, 0.1) is 11.8 Å². The van der Waals surface area contributed by atoms with Crippen molar-refractivity contribution in [2.75, 3.05) is 6.61 Å².